The molecule has 2 saturated heterocycles. The summed E-state index contributed by atoms with van der Waals surface area (Å²) in [5.41, 5.74) is 7.36. The summed E-state index contributed by atoms with van der Waals surface area (Å²) in [7, 11) is 0. The molecule has 3 heterocycles. The molecule has 2 aromatic rings. The number of carbonyl (C=O) groups excluding carboxylic acids is 4. The van der Waals surface area contributed by atoms with Crippen LogP contribution in [0.1, 0.15) is 52.4 Å². The maximum atomic E-state index is 13.7. The highest BCUT2D eigenvalue weighted by Crippen LogP contribution is 2.35. The molecule has 0 radical (unpaired) electrons. The fourth-order valence-electron chi connectivity index (χ4n) is 6.36. The summed E-state index contributed by atoms with van der Waals surface area (Å²) >= 11 is 1.35. The van der Waals surface area contributed by atoms with Crippen LogP contribution in [0.3, 0.4) is 0 Å². The molecule has 40 heavy (non-hydrogen) atoms. The van der Waals surface area contributed by atoms with Crippen LogP contribution in [0.25, 0.3) is 10.4 Å². The number of rotatable bonds is 8. The molecule has 4 unspecified atom stereocenters. The van der Waals surface area contributed by atoms with Gasteiger partial charge in [0.15, 0.2) is 10.8 Å². The number of ether oxygens (including phenoxy) is 1. The van der Waals surface area contributed by atoms with E-state index in [0.29, 0.717) is 24.4 Å². The molecule has 3 fully saturated rings. The Morgan fingerprint density at radius 3 is 2.45 bits per heavy atom. The number of fused-ring (bicyclic) bond motifs is 1. The number of ketones is 1. The van der Waals surface area contributed by atoms with Gasteiger partial charge < -0.3 is 25.6 Å². The van der Waals surface area contributed by atoms with E-state index in [1.165, 1.54) is 11.3 Å². The van der Waals surface area contributed by atoms with Crippen molar-refractivity contribution in [2.45, 2.75) is 76.5 Å². The van der Waals surface area contributed by atoms with Crippen molar-refractivity contribution in [2.75, 3.05) is 13.1 Å². The molecule has 2 aliphatic heterocycles. The minimum absolute atomic E-state index is 0.0230. The molecule has 10 heteroatoms. The molecule has 3 aliphatic rings. The summed E-state index contributed by atoms with van der Waals surface area (Å²) in [6.45, 7) is 4.26. The van der Waals surface area contributed by atoms with Gasteiger partial charge in [-0.2, -0.15) is 0 Å². The van der Waals surface area contributed by atoms with Gasteiger partial charge in [0.05, 0.1) is 18.6 Å². The molecule has 1 saturated carbocycles. The van der Waals surface area contributed by atoms with Crippen LogP contribution in [0, 0.1) is 11.8 Å². The smallest absolute Gasteiger partial charge is 0.399 e. The third kappa shape index (κ3) is 5.93. The van der Waals surface area contributed by atoms with E-state index in [9.17, 15) is 19.2 Å². The number of hydrogen-bond donors (Lipinski definition) is 2. The Kier molecular flexibility index (Phi) is 8.56. The van der Waals surface area contributed by atoms with Crippen LogP contribution < -0.4 is 15.8 Å². The van der Waals surface area contributed by atoms with Crippen LogP contribution in [-0.4, -0.2) is 70.7 Å². The van der Waals surface area contributed by atoms with Crippen LogP contribution in [0.15, 0.2) is 42.5 Å². The number of nitrogens with zero attached hydrogens (tertiary/aromatic N) is 2. The van der Waals surface area contributed by atoms with Crippen LogP contribution in [0.5, 0.6) is 5.06 Å². The van der Waals surface area contributed by atoms with Gasteiger partial charge in [-0.1, -0.05) is 68.4 Å². The Hall–Kier alpha value is -3.24. The maximum Gasteiger partial charge on any atom is 0.414 e. The number of nitrogens with one attached hydrogen (secondary N) is 1. The van der Waals surface area contributed by atoms with Gasteiger partial charge in [0.25, 0.3) is 0 Å². The molecule has 3 N–H and O–H groups in total. The van der Waals surface area contributed by atoms with Crippen molar-refractivity contribution in [2.24, 2.45) is 17.6 Å². The third-order valence-corrected chi connectivity index (χ3v) is 9.32. The standard InChI is InChI=1S/C30H38N4O5S/c1-18(2)16-21(32-30(38)39-25-13-12-24(40-25)19-8-4-3-5-9-19)28(36)33-15-14-22-27(33)23(35)17-34(22)29(37)26(31)20-10-6-7-11-20/h3-5,8-9,12-13,18,20-22,26-27H,6-7,10-11,14-17,31H2,1-2H3,(H,32,38). The molecular weight excluding hydrogens is 528 g/mol. The third-order valence-electron chi connectivity index (χ3n) is 8.31. The topological polar surface area (TPSA) is 122 Å². The van der Waals surface area contributed by atoms with Crippen molar-refractivity contribution in [3.8, 4) is 15.5 Å². The molecule has 3 amide bonds. The van der Waals surface area contributed by atoms with Gasteiger partial charge in [0, 0.05) is 11.4 Å². The van der Waals surface area contributed by atoms with Crippen molar-refractivity contribution in [1.29, 1.82) is 0 Å². The average molecular weight is 567 g/mol. The zero-order valence-electron chi connectivity index (χ0n) is 23.1. The quantitative estimate of drug-likeness (QED) is 0.501. The number of benzene rings is 1. The predicted octanol–water partition coefficient (Wildman–Crippen LogP) is 3.82. The Bertz CT molecular complexity index is 1240. The highest BCUT2D eigenvalue weighted by molar-refractivity contribution is 7.17. The molecule has 1 aromatic carbocycles. The van der Waals surface area contributed by atoms with E-state index in [4.69, 9.17) is 10.5 Å². The fraction of sp³-hybridized carbons (Fsp3) is 0.533. The van der Waals surface area contributed by atoms with Gasteiger partial charge in [-0.3, -0.25) is 14.4 Å². The summed E-state index contributed by atoms with van der Waals surface area (Å²) in [6.07, 6.45) is 4.22. The summed E-state index contributed by atoms with van der Waals surface area (Å²) in [4.78, 5) is 57.1. The van der Waals surface area contributed by atoms with Gasteiger partial charge in [0.2, 0.25) is 11.8 Å². The summed E-state index contributed by atoms with van der Waals surface area (Å²) in [6, 6.07) is 10.9. The lowest BCUT2D eigenvalue weighted by Gasteiger charge is -2.30. The van der Waals surface area contributed by atoms with Crippen molar-refractivity contribution in [3.63, 3.8) is 0 Å². The molecule has 5 rings (SSSR count). The fourth-order valence-corrected chi connectivity index (χ4v) is 7.22. The molecule has 4 atom stereocenters. The second kappa shape index (κ2) is 12.1. The first kappa shape index (κ1) is 28.3. The van der Waals surface area contributed by atoms with Gasteiger partial charge >= 0.3 is 6.09 Å². The zero-order chi connectivity index (χ0) is 28.4. The van der Waals surface area contributed by atoms with E-state index in [1.807, 2.05) is 50.2 Å². The Labute approximate surface area is 239 Å². The van der Waals surface area contributed by atoms with Crippen LogP contribution in [-0.2, 0) is 14.4 Å². The largest absolute Gasteiger partial charge is 0.414 e. The first-order valence-electron chi connectivity index (χ1n) is 14.3. The Morgan fingerprint density at radius 2 is 1.75 bits per heavy atom. The first-order chi connectivity index (χ1) is 19.2. The summed E-state index contributed by atoms with van der Waals surface area (Å²) in [5.74, 6) is -0.398. The monoisotopic (exact) mass is 566 g/mol. The van der Waals surface area contributed by atoms with Crippen LogP contribution >= 0.6 is 11.3 Å². The van der Waals surface area contributed by atoms with Gasteiger partial charge in [-0.25, -0.2) is 4.79 Å². The average Bonchev–Trinajstić information content (AvgIpc) is 3.74. The number of likely N-dealkylation sites (tertiary alicyclic amines) is 2. The van der Waals surface area contributed by atoms with E-state index in [-0.39, 0.29) is 42.0 Å². The van der Waals surface area contributed by atoms with Gasteiger partial charge in [-0.05, 0) is 55.2 Å². The highest BCUT2D eigenvalue weighted by atomic mass is 32.1. The van der Waals surface area contributed by atoms with Crippen molar-refractivity contribution in [1.82, 2.24) is 15.1 Å². The molecule has 0 spiro atoms. The number of nitrogens with two attached hydrogens (primary N) is 1. The highest BCUT2D eigenvalue weighted by Gasteiger charge is 2.53. The van der Waals surface area contributed by atoms with Crippen molar-refractivity contribution >= 4 is 35.0 Å². The zero-order valence-corrected chi connectivity index (χ0v) is 23.9. The van der Waals surface area contributed by atoms with E-state index in [2.05, 4.69) is 5.32 Å². The lowest BCUT2D eigenvalue weighted by molar-refractivity contribution is -0.138. The predicted molar refractivity (Wildman–Crippen MR) is 153 cm³/mol. The van der Waals surface area contributed by atoms with Gasteiger partial charge in [0.1, 0.15) is 12.1 Å². The van der Waals surface area contributed by atoms with Crippen LogP contribution in [0.4, 0.5) is 4.79 Å². The number of carbonyl (C=O) groups is 4. The Balaban J connectivity index is 1.24. The minimum atomic E-state index is -0.849. The van der Waals surface area contributed by atoms with E-state index in [0.717, 1.165) is 36.1 Å². The first-order valence-corrected chi connectivity index (χ1v) is 15.1. The van der Waals surface area contributed by atoms with E-state index < -0.39 is 24.2 Å². The number of thiophene rings is 1. The number of Topliss-reactive ketones (excluding diaryl/α,β-unsaturated/α-hetero) is 1. The minimum Gasteiger partial charge on any atom is -0.399 e. The molecule has 0 bridgehead atoms. The van der Waals surface area contributed by atoms with Crippen molar-refractivity contribution < 1.29 is 23.9 Å². The maximum absolute atomic E-state index is 13.7. The molecule has 1 aromatic heterocycles. The lowest BCUT2D eigenvalue weighted by atomic mass is 9.97. The van der Waals surface area contributed by atoms with Gasteiger partial charge in [-0.15, -0.1) is 0 Å². The molecule has 1 aliphatic carbocycles. The lowest BCUT2D eigenvalue weighted by Crippen LogP contribution is -2.53. The van der Waals surface area contributed by atoms with Crippen LogP contribution in [0.2, 0.25) is 0 Å². The SMILES string of the molecule is CC(C)CC(NC(=O)Oc1ccc(-c2ccccc2)s1)C(=O)N1CCC2C1C(=O)CN2C(=O)C(N)C1CCCC1. The van der Waals surface area contributed by atoms with E-state index >= 15 is 0 Å². The normalized spacial score (nSPS) is 22.4. The summed E-state index contributed by atoms with van der Waals surface area (Å²) < 4.78 is 5.54. The molecular formula is C30H38N4O5S. The second-order valence-corrected chi connectivity index (χ2v) is 12.6. The number of hydrogen-bond acceptors (Lipinski definition) is 7. The second-order valence-electron chi connectivity index (χ2n) is 11.5. The summed E-state index contributed by atoms with van der Waals surface area (Å²) in [5, 5.41) is 3.17. The Morgan fingerprint density at radius 1 is 1.02 bits per heavy atom. The molecule has 9 nitrogen and oxygen atoms in total. The van der Waals surface area contributed by atoms with Crippen molar-refractivity contribution in [3.05, 3.63) is 42.5 Å². The molecule has 214 valence electrons. The number of amides is 3. The van der Waals surface area contributed by atoms with E-state index in [1.54, 1.807) is 15.9 Å².